The molecule has 0 aromatic carbocycles. The lowest BCUT2D eigenvalue weighted by Crippen LogP contribution is -2.10. The van der Waals surface area contributed by atoms with Gasteiger partial charge in [0.1, 0.15) is 0 Å². The summed E-state index contributed by atoms with van der Waals surface area (Å²) < 4.78 is 1.70. The van der Waals surface area contributed by atoms with Crippen molar-refractivity contribution in [2.45, 2.75) is 130 Å². The molecule has 0 fully saturated rings. The molecular weight excluding hydrogens is 358 g/mol. The van der Waals surface area contributed by atoms with Crippen molar-refractivity contribution in [1.82, 2.24) is 4.57 Å². The maximum absolute atomic E-state index is 10.2. The first-order valence-electron chi connectivity index (χ1n) is 12.4. The van der Waals surface area contributed by atoms with Crippen molar-refractivity contribution in [3.63, 3.8) is 0 Å². The fraction of sp³-hybridized carbons (Fsp3) is 0.769. The molecule has 0 radical (unpaired) electrons. The summed E-state index contributed by atoms with van der Waals surface area (Å²) in [6.07, 6.45) is 22.7. The number of nitrogens with zero attached hydrogens (tertiary/aromatic N) is 1. The summed E-state index contributed by atoms with van der Waals surface area (Å²) in [5, 5.41) is 20.5. The van der Waals surface area contributed by atoms with E-state index >= 15 is 0 Å². The number of unbranched alkanes of at least 4 members (excludes halogenated alkanes) is 13. The van der Waals surface area contributed by atoms with E-state index in [0.717, 1.165) is 19.3 Å². The molecule has 1 heterocycles. The van der Waals surface area contributed by atoms with Crippen LogP contribution in [0.2, 0.25) is 0 Å². The molecule has 1 unspecified atom stereocenters. The first-order chi connectivity index (χ1) is 14.1. The maximum atomic E-state index is 10.2. The Morgan fingerprint density at radius 2 is 1.21 bits per heavy atom. The van der Waals surface area contributed by atoms with E-state index in [1.165, 1.54) is 89.0 Å². The Morgan fingerprint density at radius 1 is 0.759 bits per heavy atom. The number of allylic oxidation sites excluding steroid dienone is 2. The topological polar surface area (TPSA) is 45.4 Å². The third-order valence-corrected chi connectivity index (χ3v) is 6.07. The van der Waals surface area contributed by atoms with Gasteiger partial charge in [0.2, 0.25) is 0 Å². The lowest BCUT2D eigenvalue weighted by atomic mass is 9.98. The summed E-state index contributed by atoms with van der Waals surface area (Å²) in [5.74, 6) is 0.330. The van der Waals surface area contributed by atoms with Crippen molar-refractivity contribution in [2.24, 2.45) is 0 Å². The van der Waals surface area contributed by atoms with Crippen LogP contribution in [0.1, 0.15) is 130 Å². The van der Waals surface area contributed by atoms with Gasteiger partial charge < -0.3 is 10.2 Å². The van der Waals surface area contributed by atoms with E-state index in [1.807, 2.05) is 0 Å². The summed E-state index contributed by atoms with van der Waals surface area (Å²) >= 11 is 0. The van der Waals surface area contributed by atoms with Gasteiger partial charge in [0.25, 0.3) is 0 Å². The summed E-state index contributed by atoms with van der Waals surface area (Å²) in [7, 11) is 0. The molecule has 29 heavy (non-hydrogen) atoms. The highest BCUT2D eigenvalue weighted by Gasteiger charge is 2.18. The third kappa shape index (κ3) is 10.8. The molecule has 168 valence electrons. The van der Waals surface area contributed by atoms with Crippen LogP contribution in [0.5, 0.6) is 11.8 Å². The Hall–Kier alpha value is -1.38. The Kier molecular flexibility index (Phi) is 14.5. The number of hydrogen-bond acceptors (Lipinski definition) is 2. The molecule has 0 bridgehead atoms. The molecule has 1 rings (SSSR count). The zero-order chi connectivity index (χ0) is 21.3. The van der Waals surface area contributed by atoms with Crippen LogP contribution in [-0.4, -0.2) is 14.8 Å². The second-order valence-corrected chi connectivity index (χ2v) is 8.70. The van der Waals surface area contributed by atoms with Gasteiger partial charge in [-0.1, -0.05) is 109 Å². The lowest BCUT2D eigenvalue weighted by Gasteiger charge is -2.22. The molecule has 0 saturated carbocycles. The molecule has 3 heteroatoms. The Morgan fingerprint density at radius 3 is 1.72 bits per heavy atom. The van der Waals surface area contributed by atoms with Crippen molar-refractivity contribution >= 4 is 0 Å². The highest BCUT2D eigenvalue weighted by molar-refractivity contribution is 5.28. The highest BCUT2D eigenvalue weighted by Crippen LogP contribution is 2.34. The van der Waals surface area contributed by atoms with Crippen LogP contribution in [0.15, 0.2) is 23.8 Å². The van der Waals surface area contributed by atoms with Crippen LogP contribution in [0, 0.1) is 0 Å². The zero-order valence-electron chi connectivity index (χ0n) is 19.5. The van der Waals surface area contributed by atoms with Crippen molar-refractivity contribution in [3.05, 3.63) is 23.8 Å². The van der Waals surface area contributed by atoms with Gasteiger partial charge in [-0.05, 0) is 26.2 Å². The van der Waals surface area contributed by atoms with Crippen LogP contribution in [0.25, 0.3) is 0 Å². The molecule has 0 spiro atoms. The van der Waals surface area contributed by atoms with Gasteiger partial charge >= 0.3 is 0 Å². The molecule has 1 aromatic rings. The van der Waals surface area contributed by atoms with E-state index in [-0.39, 0.29) is 17.8 Å². The molecular formula is C26H47NO2. The standard InChI is InChI=1S/C26H47NO2/c1-4-6-8-10-12-13-14-15-17-19-23(3)24(20-18-16-11-9-7-5-2)27-25(28)21-22-26(27)29/h19,21-22,24,28-29H,4-18,20H2,1-3H3. The van der Waals surface area contributed by atoms with Gasteiger partial charge in [0.05, 0.1) is 6.04 Å². The van der Waals surface area contributed by atoms with E-state index in [9.17, 15) is 10.2 Å². The molecule has 0 amide bonds. The van der Waals surface area contributed by atoms with E-state index in [2.05, 4.69) is 26.8 Å². The smallest absolute Gasteiger partial charge is 0.194 e. The maximum Gasteiger partial charge on any atom is 0.194 e. The van der Waals surface area contributed by atoms with Gasteiger partial charge in [-0.3, -0.25) is 4.57 Å². The minimum atomic E-state index is 0.0604. The lowest BCUT2D eigenvalue weighted by molar-refractivity contribution is 0.336. The average molecular weight is 406 g/mol. The summed E-state index contributed by atoms with van der Waals surface area (Å²) in [6, 6.07) is 3.25. The van der Waals surface area contributed by atoms with Crippen LogP contribution >= 0.6 is 0 Å². The Balaban J connectivity index is 2.46. The van der Waals surface area contributed by atoms with Crippen LogP contribution in [0.4, 0.5) is 0 Å². The van der Waals surface area contributed by atoms with Crippen molar-refractivity contribution in [3.8, 4) is 11.8 Å². The van der Waals surface area contributed by atoms with Gasteiger partial charge in [-0.2, -0.15) is 0 Å². The fourth-order valence-corrected chi connectivity index (χ4v) is 4.17. The normalized spacial score (nSPS) is 13.1. The van der Waals surface area contributed by atoms with Gasteiger partial charge in [0.15, 0.2) is 11.8 Å². The predicted octanol–water partition coefficient (Wildman–Crippen LogP) is 8.67. The molecule has 1 aromatic heterocycles. The fourth-order valence-electron chi connectivity index (χ4n) is 4.17. The number of aromatic hydroxyl groups is 2. The second-order valence-electron chi connectivity index (χ2n) is 8.70. The summed E-state index contributed by atoms with van der Waals surface area (Å²) in [4.78, 5) is 0. The molecule has 0 saturated heterocycles. The van der Waals surface area contributed by atoms with Crippen LogP contribution in [-0.2, 0) is 0 Å². The van der Waals surface area contributed by atoms with Gasteiger partial charge in [-0.15, -0.1) is 0 Å². The van der Waals surface area contributed by atoms with Crippen molar-refractivity contribution in [2.75, 3.05) is 0 Å². The van der Waals surface area contributed by atoms with Crippen LogP contribution in [0.3, 0.4) is 0 Å². The van der Waals surface area contributed by atoms with Gasteiger partial charge in [-0.25, -0.2) is 0 Å². The quantitative estimate of drug-likeness (QED) is 0.189. The Bertz CT molecular complexity index is 527. The van der Waals surface area contributed by atoms with E-state index in [4.69, 9.17) is 0 Å². The molecule has 3 nitrogen and oxygen atoms in total. The molecule has 1 atom stereocenters. The number of aromatic nitrogens is 1. The second kappa shape index (κ2) is 16.4. The monoisotopic (exact) mass is 405 g/mol. The summed E-state index contributed by atoms with van der Waals surface area (Å²) in [5.41, 5.74) is 1.27. The first kappa shape index (κ1) is 25.7. The molecule has 0 aliphatic heterocycles. The molecule has 2 N–H and O–H groups in total. The Labute approximate surface area is 180 Å². The molecule has 0 aliphatic carbocycles. The first-order valence-corrected chi connectivity index (χ1v) is 12.4. The SMILES string of the molecule is CCCCCCCCCCC=C(C)C(CCCCCCCC)n1c(O)ccc1O. The van der Waals surface area contributed by atoms with Gasteiger partial charge in [0, 0.05) is 12.1 Å². The zero-order valence-corrected chi connectivity index (χ0v) is 19.5. The highest BCUT2D eigenvalue weighted by atomic mass is 16.3. The predicted molar refractivity (Wildman–Crippen MR) is 126 cm³/mol. The van der Waals surface area contributed by atoms with Crippen LogP contribution < -0.4 is 0 Å². The van der Waals surface area contributed by atoms with Crippen molar-refractivity contribution < 1.29 is 10.2 Å². The molecule has 0 aliphatic rings. The number of hydrogen-bond donors (Lipinski definition) is 2. The average Bonchev–Trinajstić information content (AvgIpc) is 3.04. The third-order valence-electron chi connectivity index (χ3n) is 6.07. The minimum Gasteiger partial charge on any atom is -0.494 e. The van der Waals surface area contributed by atoms with E-state index in [0.29, 0.717) is 0 Å². The summed E-state index contributed by atoms with van der Waals surface area (Å²) in [6.45, 7) is 6.67. The van der Waals surface area contributed by atoms with Crippen molar-refractivity contribution in [1.29, 1.82) is 0 Å². The minimum absolute atomic E-state index is 0.0604. The number of rotatable bonds is 18. The largest absolute Gasteiger partial charge is 0.494 e. The van der Waals surface area contributed by atoms with E-state index in [1.54, 1.807) is 16.7 Å². The van der Waals surface area contributed by atoms with E-state index < -0.39 is 0 Å².